The Balaban J connectivity index is 2.66. The molecule has 20 heavy (non-hydrogen) atoms. The molecule has 0 aliphatic carbocycles. The maximum absolute atomic E-state index is 12.0. The van der Waals surface area contributed by atoms with Crippen LogP contribution in [0.25, 0.3) is 10.9 Å². The van der Waals surface area contributed by atoms with Crippen LogP contribution in [0.1, 0.15) is 10.4 Å². The van der Waals surface area contributed by atoms with Crippen molar-refractivity contribution in [3.63, 3.8) is 0 Å². The highest BCUT2D eigenvalue weighted by Gasteiger charge is 2.13. The maximum atomic E-state index is 12.0. The fraction of sp³-hybridized carbons (Fsp3) is 0.231. The molecule has 2 rings (SSSR count). The average Bonchev–Trinajstić information content (AvgIpc) is 2.40. The Morgan fingerprint density at radius 1 is 1.35 bits per heavy atom. The van der Waals surface area contributed by atoms with Crippen LogP contribution in [0.4, 0.5) is 5.69 Å². The van der Waals surface area contributed by atoms with E-state index in [1.54, 1.807) is 48.9 Å². The molecule has 0 bridgehead atoms. The number of carbonyl (C=O) groups is 1. The molecule has 0 amide bonds. The number of hydrogen-bond acceptors (Lipinski definition) is 4. The molecular formula is C13H14N4O3. The van der Waals surface area contributed by atoms with Gasteiger partial charge in [-0.3, -0.25) is 9.80 Å². The van der Waals surface area contributed by atoms with E-state index < -0.39 is 11.4 Å². The number of aromatic nitrogens is 1. The predicted octanol–water partition coefficient (Wildman–Crippen LogP) is 1.80. The van der Waals surface area contributed by atoms with E-state index in [-0.39, 0.29) is 5.56 Å². The highest BCUT2D eigenvalue weighted by atomic mass is 16.4. The van der Waals surface area contributed by atoms with E-state index in [0.29, 0.717) is 16.6 Å². The van der Waals surface area contributed by atoms with Gasteiger partial charge in [-0.05, 0) is 18.2 Å². The van der Waals surface area contributed by atoms with Crippen LogP contribution in [-0.4, -0.2) is 34.7 Å². The normalized spacial score (nSPS) is 11.2. The van der Waals surface area contributed by atoms with Crippen LogP contribution in [0.5, 0.6) is 0 Å². The summed E-state index contributed by atoms with van der Waals surface area (Å²) in [6.45, 7) is 0. The van der Waals surface area contributed by atoms with Gasteiger partial charge in [0.05, 0.1) is 11.2 Å². The maximum Gasteiger partial charge on any atom is 0.341 e. The number of benzene rings is 1. The van der Waals surface area contributed by atoms with Gasteiger partial charge in [0.25, 0.3) is 0 Å². The van der Waals surface area contributed by atoms with Gasteiger partial charge in [0, 0.05) is 32.7 Å². The second kappa shape index (κ2) is 5.12. The zero-order valence-electron chi connectivity index (χ0n) is 11.4. The number of fused-ring (bicyclic) bond motifs is 1. The third-order valence-corrected chi connectivity index (χ3v) is 2.74. The van der Waals surface area contributed by atoms with E-state index in [2.05, 4.69) is 10.3 Å². The summed E-state index contributed by atoms with van der Waals surface area (Å²) in [5.74, 6) is -1.23. The minimum atomic E-state index is -1.23. The van der Waals surface area contributed by atoms with Crippen LogP contribution in [-0.2, 0) is 7.05 Å². The number of rotatable bonds is 3. The Morgan fingerprint density at radius 3 is 2.65 bits per heavy atom. The first-order valence-corrected chi connectivity index (χ1v) is 5.86. The highest BCUT2D eigenvalue weighted by Crippen LogP contribution is 2.19. The molecule has 7 heteroatoms. The number of aromatic carboxylic acids is 1. The zero-order chi connectivity index (χ0) is 14.9. The van der Waals surface area contributed by atoms with E-state index >= 15 is 0 Å². The molecule has 1 aromatic heterocycles. The molecule has 0 fully saturated rings. The van der Waals surface area contributed by atoms with Crippen molar-refractivity contribution in [2.75, 3.05) is 14.1 Å². The fourth-order valence-corrected chi connectivity index (χ4v) is 1.83. The highest BCUT2D eigenvalue weighted by molar-refractivity contribution is 5.93. The van der Waals surface area contributed by atoms with Gasteiger partial charge in [-0.25, -0.2) is 4.79 Å². The topological polar surface area (TPSA) is 87.3 Å². The summed E-state index contributed by atoms with van der Waals surface area (Å²) in [5, 5.41) is 18.8. The molecule has 2 aromatic rings. The van der Waals surface area contributed by atoms with Crippen LogP contribution < -0.4 is 5.43 Å². The second-order valence-electron chi connectivity index (χ2n) is 4.53. The van der Waals surface area contributed by atoms with Crippen molar-refractivity contribution in [1.82, 2.24) is 9.58 Å². The van der Waals surface area contributed by atoms with Crippen molar-refractivity contribution in [2.24, 2.45) is 17.4 Å². The summed E-state index contributed by atoms with van der Waals surface area (Å²) in [7, 11) is 5.18. The van der Waals surface area contributed by atoms with E-state index in [1.165, 1.54) is 6.20 Å². The summed E-state index contributed by atoms with van der Waals surface area (Å²) < 4.78 is 1.59. The largest absolute Gasteiger partial charge is 0.477 e. The molecule has 7 nitrogen and oxygen atoms in total. The molecule has 1 aromatic carbocycles. The van der Waals surface area contributed by atoms with Crippen molar-refractivity contribution >= 4 is 22.6 Å². The third-order valence-electron chi connectivity index (χ3n) is 2.74. The number of nitrogens with zero attached hydrogens (tertiary/aromatic N) is 4. The summed E-state index contributed by atoms with van der Waals surface area (Å²) in [4.78, 5) is 23.1. The van der Waals surface area contributed by atoms with Gasteiger partial charge in [-0.15, -0.1) is 5.11 Å². The lowest BCUT2D eigenvalue weighted by molar-refractivity contribution is 0.0695. The molecular weight excluding hydrogens is 260 g/mol. The second-order valence-corrected chi connectivity index (χ2v) is 4.53. The summed E-state index contributed by atoms with van der Waals surface area (Å²) in [5.41, 5.74) is 0.448. The van der Waals surface area contributed by atoms with Gasteiger partial charge >= 0.3 is 5.97 Å². The summed E-state index contributed by atoms with van der Waals surface area (Å²) in [6, 6.07) is 4.88. The molecule has 1 N–H and O–H groups in total. The van der Waals surface area contributed by atoms with Crippen molar-refractivity contribution in [3.05, 3.63) is 40.2 Å². The quantitative estimate of drug-likeness (QED) is 0.682. The van der Waals surface area contributed by atoms with Crippen LogP contribution in [0, 0.1) is 0 Å². The Hall–Kier alpha value is -2.70. The van der Waals surface area contributed by atoms with E-state index in [4.69, 9.17) is 5.11 Å². The predicted molar refractivity (Wildman–Crippen MR) is 74.4 cm³/mol. The molecule has 0 saturated carbocycles. The van der Waals surface area contributed by atoms with E-state index in [9.17, 15) is 9.59 Å². The smallest absolute Gasteiger partial charge is 0.341 e. The van der Waals surface area contributed by atoms with Crippen LogP contribution >= 0.6 is 0 Å². The molecule has 0 spiro atoms. The van der Waals surface area contributed by atoms with Crippen LogP contribution in [0.15, 0.2) is 39.5 Å². The van der Waals surface area contributed by atoms with Crippen molar-refractivity contribution in [3.8, 4) is 0 Å². The first-order chi connectivity index (χ1) is 9.40. The average molecular weight is 274 g/mol. The number of hydrogen-bond donors (Lipinski definition) is 1. The van der Waals surface area contributed by atoms with Gasteiger partial charge in [0.1, 0.15) is 5.56 Å². The molecule has 0 aliphatic rings. The Morgan fingerprint density at radius 2 is 2.05 bits per heavy atom. The number of carboxylic acids is 1. The van der Waals surface area contributed by atoms with Gasteiger partial charge in [-0.1, -0.05) is 5.22 Å². The lowest BCUT2D eigenvalue weighted by Gasteiger charge is -2.07. The van der Waals surface area contributed by atoms with Crippen molar-refractivity contribution < 1.29 is 9.90 Å². The lowest BCUT2D eigenvalue weighted by atomic mass is 10.1. The molecule has 0 aliphatic heterocycles. The van der Waals surface area contributed by atoms with Crippen molar-refractivity contribution in [1.29, 1.82) is 0 Å². The zero-order valence-corrected chi connectivity index (χ0v) is 11.4. The van der Waals surface area contributed by atoms with Crippen LogP contribution in [0.2, 0.25) is 0 Å². The molecule has 0 unspecified atom stereocenters. The van der Waals surface area contributed by atoms with Gasteiger partial charge in [0.15, 0.2) is 0 Å². The van der Waals surface area contributed by atoms with E-state index in [0.717, 1.165) is 0 Å². The number of aryl methyl sites for hydroxylation is 1. The number of pyridine rings is 1. The lowest BCUT2D eigenvalue weighted by Crippen LogP contribution is -2.17. The molecule has 1 heterocycles. The SMILES string of the molecule is CN(C)/N=N/c1ccc2c(=O)c(C(=O)O)cn(C)c2c1. The van der Waals surface area contributed by atoms with Gasteiger partial charge in [-0.2, -0.15) is 0 Å². The molecule has 104 valence electrons. The molecule has 0 saturated heterocycles. The fourth-order valence-electron chi connectivity index (χ4n) is 1.83. The van der Waals surface area contributed by atoms with Gasteiger partial charge < -0.3 is 9.67 Å². The van der Waals surface area contributed by atoms with Crippen LogP contribution in [0.3, 0.4) is 0 Å². The standard InChI is InChI=1S/C13H14N4O3/c1-16(2)15-14-8-4-5-9-11(6-8)17(3)7-10(12(9)18)13(19)20/h4-7H,1-3H3,(H,19,20)/b15-14+. The van der Waals surface area contributed by atoms with Gasteiger partial charge in [0.2, 0.25) is 5.43 Å². The minimum Gasteiger partial charge on any atom is -0.477 e. The Bertz CT molecular complexity index is 762. The minimum absolute atomic E-state index is 0.248. The first kappa shape index (κ1) is 13.7. The first-order valence-electron chi connectivity index (χ1n) is 5.86. The summed E-state index contributed by atoms with van der Waals surface area (Å²) >= 11 is 0. The number of carboxylic acid groups (broad SMARTS) is 1. The third kappa shape index (κ3) is 2.51. The van der Waals surface area contributed by atoms with Crippen molar-refractivity contribution in [2.45, 2.75) is 0 Å². The molecule has 0 atom stereocenters. The summed E-state index contributed by atoms with van der Waals surface area (Å²) in [6.07, 6.45) is 1.31. The molecule has 0 radical (unpaired) electrons. The Kier molecular flexibility index (Phi) is 3.51. The Labute approximate surface area is 114 Å². The monoisotopic (exact) mass is 274 g/mol. The van der Waals surface area contributed by atoms with E-state index in [1.807, 2.05) is 0 Å².